The molecule has 44 heavy (non-hydrogen) atoms. The number of carbonyl (C=O) groups is 5. The lowest BCUT2D eigenvalue weighted by molar-refractivity contribution is -0.144. The van der Waals surface area contributed by atoms with Crippen LogP contribution in [0.1, 0.15) is 94.8 Å². The molecule has 3 fully saturated rings. The van der Waals surface area contributed by atoms with E-state index in [9.17, 15) is 24.0 Å². The van der Waals surface area contributed by atoms with E-state index in [0.717, 1.165) is 41.5 Å². The van der Waals surface area contributed by atoms with Crippen molar-refractivity contribution in [3.63, 3.8) is 0 Å². The van der Waals surface area contributed by atoms with Gasteiger partial charge in [0.2, 0.25) is 18.1 Å². The number of benzene rings is 2. The summed E-state index contributed by atoms with van der Waals surface area (Å²) < 4.78 is 0. The van der Waals surface area contributed by atoms with Gasteiger partial charge >= 0.3 is 0 Å². The number of amides is 4. The number of ketones is 1. The predicted octanol–water partition coefficient (Wildman–Crippen LogP) is 3.59. The van der Waals surface area contributed by atoms with Crippen LogP contribution in [0, 0.1) is 5.92 Å². The Labute approximate surface area is 260 Å². The number of Topliss-reactive ketones (excluding diaryl/α,β-unsaturated/α-hetero) is 1. The lowest BCUT2D eigenvalue weighted by atomic mass is 9.78. The summed E-state index contributed by atoms with van der Waals surface area (Å²) in [5, 5.41) is 7.74. The van der Waals surface area contributed by atoms with E-state index < -0.39 is 29.2 Å². The monoisotopic (exact) mass is 607 g/mol. The molecule has 0 bridgehead atoms. The van der Waals surface area contributed by atoms with Crippen LogP contribution in [0.25, 0.3) is 10.8 Å². The molecule has 1 aliphatic heterocycles. The maximum Gasteiger partial charge on any atom is 0.287 e. The third-order valence-corrected chi connectivity index (χ3v) is 8.78. The molecule has 2 aliphatic carbocycles. The van der Waals surface area contributed by atoms with Crippen LogP contribution in [-0.2, 0) is 19.2 Å². The number of nitrogens with zero attached hydrogens (tertiary/aromatic N) is 1. The highest BCUT2D eigenvalue weighted by molar-refractivity contribution is 6.39. The molecule has 0 spiro atoms. The van der Waals surface area contributed by atoms with Gasteiger partial charge in [-0.1, -0.05) is 88.6 Å². The molecule has 240 valence electrons. The van der Waals surface area contributed by atoms with E-state index in [1.54, 1.807) is 0 Å². The molecule has 3 aliphatic rings. The highest BCUT2D eigenvalue weighted by Gasteiger charge is 2.45. The fourth-order valence-corrected chi connectivity index (χ4v) is 6.29. The Kier molecular flexibility index (Phi) is 13.3. The molecule has 2 aromatic rings. The first-order valence-electron chi connectivity index (χ1n) is 16.0. The predicted molar refractivity (Wildman–Crippen MR) is 172 cm³/mol. The summed E-state index contributed by atoms with van der Waals surface area (Å²) >= 11 is 0. The Morgan fingerprint density at radius 3 is 2.16 bits per heavy atom. The van der Waals surface area contributed by atoms with Crippen molar-refractivity contribution in [3.8, 4) is 0 Å². The maximum atomic E-state index is 12.5. The summed E-state index contributed by atoms with van der Waals surface area (Å²) in [5.41, 5.74) is 10.4. The van der Waals surface area contributed by atoms with Crippen LogP contribution in [0.2, 0.25) is 0 Å². The van der Waals surface area contributed by atoms with Crippen molar-refractivity contribution in [1.82, 2.24) is 15.5 Å². The summed E-state index contributed by atoms with van der Waals surface area (Å²) in [6.45, 7) is 5.24. The minimum atomic E-state index is -1.23. The second kappa shape index (κ2) is 16.9. The quantitative estimate of drug-likeness (QED) is 0.277. The lowest BCUT2D eigenvalue weighted by Crippen LogP contribution is -2.61. The number of carbonyl (C=O) groups excluding carboxylic acids is 5. The summed E-state index contributed by atoms with van der Waals surface area (Å²) in [4.78, 5) is 59.9. The molecule has 2 unspecified atom stereocenters. The summed E-state index contributed by atoms with van der Waals surface area (Å²) in [6.07, 6.45) is 11.6. The van der Waals surface area contributed by atoms with Crippen molar-refractivity contribution in [2.75, 3.05) is 13.1 Å². The van der Waals surface area contributed by atoms with E-state index >= 15 is 0 Å². The van der Waals surface area contributed by atoms with Crippen LogP contribution in [-0.4, -0.2) is 65.5 Å². The van der Waals surface area contributed by atoms with Crippen molar-refractivity contribution in [3.05, 3.63) is 48.0 Å². The molecule has 2 atom stereocenters. The normalized spacial score (nSPS) is 21.1. The minimum absolute atomic E-state index is 0.0109. The van der Waals surface area contributed by atoms with Crippen molar-refractivity contribution in [2.45, 2.75) is 102 Å². The van der Waals surface area contributed by atoms with E-state index in [2.05, 4.69) is 17.6 Å². The molecule has 1 heterocycles. The minimum Gasteiger partial charge on any atom is -0.363 e. The maximum absolute atomic E-state index is 12.5. The van der Waals surface area contributed by atoms with Crippen LogP contribution < -0.4 is 22.1 Å². The lowest BCUT2D eigenvalue weighted by Gasteiger charge is -2.37. The Bertz CT molecular complexity index is 1290. The molecule has 2 aromatic carbocycles. The number of hydrogen-bond acceptors (Lipinski definition) is 6. The van der Waals surface area contributed by atoms with Crippen LogP contribution >= 0.6 is 0 Å². The summed E-state index contributed by atoms with van der Waals surface area (Å²) in [6, 6.07) is 12.8. The second-order valence-corrected chi connectivity index (χ2v) is 12.3. The van der Waals surface area contributed by atoms with E-state index in [-0.39, 0.29) is 11.9 Å². The molecule has 10 nitrogen and oxygen atoms in total. The number of likely N-dealkylation sites (tertiary alicyclic amines) is 1. The van der Waals surface area contributed by atoms with Gasteiger partial charge in [0.15, 0.2) is 0 Å². The number of hydrogen-bond donors (Lipinski definition) is 4. The average Bonchev–Trinajstić information content (AvgIpc) is 3.43. The fourth-order valence-electron chi connectivity index (χ4n) is 6.29. The van der Waals surface area contributed by atoms with Crippen molar-refractivity contribution >= 4 is 40.7 Å². The Balaban J connectivity index is 0.000000205. The molecule has 0 radical (unpaired) electrons. The van der Waals surface area contributed by atoms with E-state index in [0.29, 0.717) is 38.8 Å². The zero-order valence-corrected chi connectivity index (χ0v) is 26.2. The third-order valence-electron chi connectivity index (χ3n) is 8.78. The van der Waals surface area contributed by atoms with Gasteiger partial charge in [-0.3, -0.25) is 24.0 Å². The largest absolute Gasteiger partial charge is 0.363 e. The third kappa shape index (κ3) is 9.61. The van der Waals surface area contributed by atoms with Crippen molar-refractivity contribution in [2.24, 2.45) is 17.4 Å². The van der Waals surface area contributed by atoms with Gasteiger partial charge in [0, 0.05) is 24.7 Å². The molecule has 5 rings (SSSR count). The number of primary amides is 1. The number of rotatable bonds is 7. The Morgan fingerprint density at radius 2 is 1.59 bits per heavy atom. The number of fused-ring (bicyclic) bond motifs is 1. The first-order chi connectivity index (χ1) is 21.1. The molecule has 1 saturated heterocycles. The zero-order chi connectivity index (χ0) is 32.1. The van der Waals surface area contributed by atoms with Gasteiger partial charge in [0.25, 0.3) is 11.8 Å². The smallest absolute Gasteiger partial charge is 0.287 e. The standard InChI is InChI=1S/C14H22N4O4.C13H13NO.C7H14/c15-9-6-10(18(7-9)8-19)13(22)17-14(11(20)12(16)21)4-2-1-3-5-14;1-2-14-13(15)12-8-7-10-5-3-4-6-11(10)9-12;1-7-5-3-2-4-6-7/h8-10H,1-7,15H2,(H2,16,21)(H,17,22);3-9H,2H2,1H3,(H,14,15);7H,2-6H2,1H3. The average molecular weight is 608 g/mol. The van der Waals surface area contributed by atoms with Crippen LogP contribution in [0.4, 0.5) is 0 Å². The number of nitrogens with one attached hydrogen (secondary N) is 2. The first-order valence-corrected chi connectivity index (χ1v) is 16.0. The van der Waals surface area contributed by atoms with Crippen molar-refractivity contribution in [1.29, 1.82) is 0 Å². The molecule has 0 aromatic heterocycles. The molecule has 2 saturated carbocycles. The summed E-state index contributed by atoms with van der Waals surface area (Å²) in [5.74, 6) is -1.23. The number of nitrogens with two attached hydrogens (primary N) is 2. The zero-order valence-electron chi connectivity index (χ0n) is 26.2. The van der Waals surface area contributed by atoms with E-state index in [1.165, 1.54) is 37.0 Å². The first kappa shape index (κ1) is 34.7. The fraction of sp³-hybridized carbons (Fsp3) is 0.559. The van der Waals surface area contributed by atoms with Crippen LogP contribution in [0.3, 0.4) is 0 Å². The highest BCUT2D eigenvalue weighted by Crippen LogP contribution is 2.30. The highest BCUT2D eigenvalue weighted by atomic mass is 16.2. The molecule has 6 N–H and O–H groups in total. The van der Waals surface area contributed by atoms with Crippen molar-refractivity contribution < 1.29 is 24.0 Å². The van der Waals surface area contributed by atoms with E-state index in [1.807, 2.05) is 49.4 Å². The van der Waals surface area contributed by atoms with Gasteiger partial charge in [-0.25, -0.2) is 0 Å². The second-order valence-electron chi connectivity index (χ2n) is 12.3. The van der Waals surface area contributed by atoms with E-state index in [4.69, 9.17) is 11.5 Å². The SMILES string of the molecule is CC1CCCCC1.CCNC(=O)c1ccc2ccccc2c1.NC(=O)C(=O)C1(NC(=O)C2CC(N)CN2C=O)CCCCC1. The Hall–Kier alpha value is -3.79. The van der Waals surface area contributed by atoms with Gasteiger partial charge in [0.1, 0.15) is 11.6 Å². The topological polar surface area (TPSA) is 165 Å². The van der Waals surface area contributed by atoms with Gasteiger partial charge in [-0.15, -0.1) is 0 Å². The van der Waals surface area contributed by atoms with Crippen LogP contribution in [0.5, 0.6) is 0 Å². The van der Waals surface area contributed by atoms with Gasteiger partial charge in [0.05, 0.1) is 0 Å². The van der Waals surface area contributed by atoms with Crippen LogP contribution in [0.15, 0.2) is 42.5 Å². The molecule has 10 heteroatoms. The molecule has 4 amide bonds. The van der Waals surface area contributed by atoms with Gasteiger partial charge in [-0.05, 0) is 55.0 Å². The summed E-state index contributed by atoms with van der Waals surface area (Å²) in [7, 11) is 0. The molecular formula is C34H49N5O5. The van der Waals surface area contributed by atoms with Gasteiger partial charge in [-0.2, -0.15) is 0 Å². The Morgan fingerprint density at radius 1 is 0.955 bits per heavy atom. The van der Waals surface area contributed by atoms with Gasteiger partial charge < -0.3 is 27.0 Å². The molecular weight excluding hydrogens is 558 g/mol.